The second-order valence-corrected chi connectivity index (χ2v) is 8.43. The van der Waals surface area contributed by atoms with E-state index in [2.05, 4.69) is 47.6 Å². The highest BCUT2D eigenvalue weighted by Gasteiger charge is 2.34. The number of nitrogens with zero attached hydrogens (tertiary/aromatic N) is 5. The molecule has 1 aliphatic rings. The summed E-state index contributed by atoms with van der Waals surface area (Å²) in [6.45, 7) is 8.15. The van der Waals surface area contributed by atoms with E-state index in [-0.39, 0.29) is 11.8 Å². The topological polar surface area (TPSA) is 85.6 Å². The van der Waals surface area contributed by atoms with Gasteiger partial charge < -0.3 is 5.32 Å². The number of rotatable bonds is 3. The Bertz CT molecular complexity index is 1340. The molecule has 7 nitrogen and oxygen atoms in total. The second kappa shape index (κ2) is 7.67. The van der Waals surface area contributed by atoms with E-state index in [1.807, 2.05) is 38.1 Å². The van der Waals surface area contributed by atoms with Crippen LogP contribution in [0.15, 0.2) is 48.7 Å². The number of aromatic nitrogens is 5. The highest BCUT2D eigenvalue weighted by molar-refractivity contribution is 5.95. The summed E-state index contributed by atoms with van der Waals surface area (Å²) in [5.41, 5.74) is 8.14. The Morgan fingerprint density at radius 2 is 1.75 bits per heavy atom. The first kappa shape index (κ1) is 20.1. The molecule has 2 aromatic heterocycles. The molecule has 3 heterocycles. The van der Waals surface area contributed by atoms with Crippen molar-refractivity contribution in [2.24, 2.45) is 0 Å². The quantitative estimate of drug-likeness (QED) is 0.526. The summed E-state index contributed by atoms with van der Waals surface area (Å²) < 4.78 is 1.60. The van der Waals surface area contributed by atoms with E-state index in [0.29, 0.717) is 23.9 Å². The first-order valence-corrected chi connectivity index (χ1v) is 10.6. The second-order valence-electron chi connectivity index (χ2n) is 8.43. The van der Waals surface area contributed by atoms with Crippen LogP contribution in [-0.4, -0.2) is 30.9 Å². The van der Waals surface area contributed by atoms with Crippen LogP contribution in [0.1, 0.15) is 45.8 Å². The molecule has 0 unspecified atom stereocenters. The number of fused-ring (bicyclic) bond motifs is 1. The van der Waals surface area contributed by atoms with E-state index >= 15 is 0 Å². The minimum atomic E-state index is -0.0689. The van der Waals surface area contributed by atoms with Crippen molar-refractivity contribution in [2.45, 2.75) is 40.0 Å². The molecule has 5 rings (SSSR count). The molecule has 4 aromatic rings. The Hall–Kier alpha value is -3.87. The maximum atomic E-state index is 12.7. The van der Waals surface area contributed by atoms with Gasteiger partial charge in [0.05, 0.1) is 17.6 Å². The maximum Gasteiger partial charge on any atom is 0.272 e. The Balaban J connectivity index is 1.63. The zero-order valence-electron chi connectivity index (χ0n) is 18.5. The van der Waals surface area contributed by atoms with Crippen LogP contribution in [0, 0.1) is 27.7 Å². The van der Waals surface area contributed by atoms with Crippen LogP contribution in [0.2, 0.25) is 0 Å². The molecule has 1 atom stereocenters. The Kier molecular flexibility index (Phi) is 4.81. The zero-order valence-corrected chi connectivity index (χ0v) is 18.5. The lowest BCUT2D eigenvalue weighted by Crippen LogP contribution is -2.25. The van der Waals surface area contributed by atoms with Crippen LogP contribution in [0.5, 0.6) is 0 Å². The fourth-order valence-electron chi connectivity index (χ4n) is 4.34. The molecule has 2 aromatic carbocycles. The van der Waals surface area contributed by atoms with Crippen molar-refractivity contribution < 1.29 is 4.79 Å². The number of amides is 1. The molecular formula is C25H24N6O. The Morgan fingerprint density at radius 3 is 2.53 bits per heavy atom. The minimum Gasteiger partial charge on any atom is -0.310 e. The summed E-state index contributed by atoms with van der Waals surface area (Å²) in [7, 11) is 0. The number of carbonyl (C=O) groups is 1. The van der Waals surface area contributed by atoms with E-state index in [1.54, 1.807) is 10.9 Å². The van der Waals surface area contributed by atoms with Crippen molar-refractivity contribution in [2.75, 3.05) is 5.32 Å². The molecule has 0 fully saturated rings. The van der Waals surface area contributed by atoms with Gasteiger partial charge in [-0.05, 0) is 38.8 Å². The van der Waals surface area contributed by atoms with Crippen LogP contribution in [0.4, 0.5) is 5.82 Å². The van der Waals surface area contributed by atoms with Gasteiger partial charge in [0, 0.05) is 23.5 Å². The van der Waals surface area contributed by atoms with Gasteiger partial charge in [-0.15, -0.1) is 5.10 Å². The van der Waals surface area contributed by atoms with Crippen molar-refractivity contribution in [1.82, 2.24) is 25.0 Å². The molecule has 0 radical (unpaired) electrons. The summed E-state index contributed by atoms with van der Waals surface area (Å²) in [4.78, 5) is 17.4. The third-order valence-corrected chi connectivity index (χ3v) is 6.00. The monoisotopic (exact) mass is 424 g/mol. The summed E-state index contributed by atoms with van der Waals surface area (Å²) >= 11 is 0. The lowest BCUT2D eigenvalue weighted by Gasteiger charge is -2.25. The molecule has 32 heavy (non-hydrogen) atoms. The number of hydrogen-bond donors (Lipinski definition) is 1. The molecule has 160 valence electrons. The molecule has 7 heteroatoms. The largest absolute Gasteiger partial charge is 0.310 e. The summed E-state index contributed by atoms with van der Waals surface area (Å²) in [5.74, 6) is 0.828. The average molecular weight is 425 g/mol. The SMILES string of the molecule is Cc1ccc(-c2cnnc(-n3nc(C)c4c3NC(=O)C[C@@H]4c3cc(C)ccc3C)n2)cc1. The van der Waals surface area contributed by atoms with Crippen molar-refractivity contribution in [1.29, 1.82) is 0 Å². The molecule has 0 bridgehead atoms. The van der Waals surface area contributed by atoms with Crippen LogP contribution >= 0.6 is 0 Å². The van der Waals surface area contributed by atoms with Crippen molar-refractivity contribution in [3.63, 3.8) is 0 Å². The number of carbonyl (C=O) groups excluding carboxylic acids is 1. The van der Waals surface area contributed by atoms with Gasteiger partial charge in [0.25, 0.3) is 5.95 Å². The molecular weight excluding hydrogens is 400 g/mol. The molecule has 0 saturated carbocycles. The van der Waals surface area contributed by atoms with E-state index in [1.165, 1.54) is 11.1 Å². The van der Waals surface area contributed by atoms with Gasteiger partial charge in [0.2, 0.25) is 5.91 Å². The van der Waals surface area contributed by atoms with Gasteiger partial charge in [-0.25, -0.2) is 4.98 Å². The molecule has 0 spiro atoms. The molecule has 1 N–H and O–H groups in total. The first-order chi connectivity index (χ1) is 15.4. The first-order valence-electron chi connectivity index (χ1n) is 10.6. The number of benzene rings is 2. The van der Waals surface area contributed by atoms with Crippen molar-refractivity contribution >= 4 is 11.7 Å². The summed E-state index contributed by atoms with van der Waals surface area (Å²) in [5, 5.41) is 16.1. The van der Waals surface area contributed by atoms with Gasteiger partial charge in [-0.2, -0.15) is 14.9 Å². The van der Waals surface area contributed by atoms with E-state index < -0.39 is 0 Å². The number of nitrogens with one attached hydrogen (secondary N) is 1. The van der Waals surface area contributed by atoms with E-state index in [0.717, 1.165) is 27.9 Å². The Morgan fingerprint density at radius 1 is 1.00 bits per heavy atom. The lowest BCUT2D eigenvalue weighted by molar-refractivity contribution is -0.116. The van der Waals surface area contributed by atoms with Crippen LogP contribution in [0.3, 0.4) is 0 Å². The van der Waals surface area contributed by atoms with Crippen LogP contribution in [0.25, 0.3) is 17.2 Å². The number of hydrogen-bond acceptors (Lipinski definition) is 5. The average Bonchev–Trinajstić information content (AvgIpc) is 3.11. The van der Waals surface area contributed by atoms with Crippen molar-refractivity contribution in [3.05, 3.63) is 82.2 Å². The fraction of sp³-hybridized carbons (Fsp3) is 0.240. The third-order valence-electron chi connectivity index (χ3n) is 6.00. The molecule has 0 saturated heterocycles. The third kappa shape index (κ3) is 3.45. The predicted octanol–water partition coefficient (Wildman–Crippen LogP) is 4.43. The summed E-state index contributed by atoms with van der Waals surface area (Å²) in [6.07, 6.45) is 2.01. The Labute approximate surface area is 186 Å². The van der Waals surface area contributed by atoms with Crippen LogP contribution in [-0.2, 0) is 4.79 Å². The molecule has 0 aliphatic carbocycles. The standard InChI is InChI=1S/C25H24N6O/c1-14-6-9-18(10-7-14)21-13-26-29-25(27-21)31-24-23(17(4)30-31)20(12-22(32)28-24)19-11-15(2)5-8-16(19)3/h5-11,13,20H,12H2,1-4H3,(H,28,32)/t20-/m1/s1. The van der Waals surface area contributed by atoms with Gasteiger partial charge in [0.15, 0.2) is 0 Å². The van der Waals surface area contributed by atoms with Crippen LogP contribution < -0.4 is 5.32 Å². The fourth-order valence-corrected chi connectivity index (χ4v) is 4.34. The van der Waals surface area contributed by atoms with Gasteiger partial charge in [0.1, 0.15) is 5.82 Å². The van der Waals surface area contributed by atoms with Gasteiger partial charge in [-0.3, -0.25) is 4.79 Å². The molecule has 1 amide bonds. The number of anilines is 1. The predicted molar refractivity (Wildman–Crippen MR) is 123 cm³/mol. The van der Waals surface area contributed by atoms with E-state index in [9.17, 15) is 4.79 Å². The smallest absolute Gasteiger partial charge is 0.272 e. The highest BCUT2D eigenvalue weighted by atomic mass is 16.1. The van der Waals surface area contributed by atoms with E-state index in [4.69, 9.17) is 10.1 Å². The van der Waals surface area contributed by atoms with Crippen molar-refractivity contribution in [3.8, 4) is 17.2 Å². The molecule has 1 aliphatic heterocycles. The highest BCUT2D eigenvalue weighted by Crippen LogP contribution is 2.41. The normalized spacial score (nSPS) is 15.4. The summed E-state index contributed by atoms with van der Waals surface area (Å²) in [6, 6.07) is 14.4. The van der Waals surface area contributed by atoms with Gasteiger partial charge in [-0.1, -0.05) is 53.6 Å². The number of aryl methyl sites for hydroxylation is 4. The maximum absolute atomic E-state index is 12.7. The lowest BCUT2D eigenvalue weighted by atomic mass is 9.83. The minimum absolute atomic E-state index is 0.0489. The van der Waals surface area contributed by atoms with Gasteiger partial charge >= 0.3 is 0 Å². The zero-order chi connectivity index (χ0) is 22.4.